The molecule has 10 heteroatoms. The van der Waals surface area contributed by atoms with Crippen LogP contribution in [0.3, 0.4) is 0 Å². The molecule has 0 saturated heterocycles. The van der Waals surface area contributed by atoms with E-state index >= 15 is 0 Å². The maximum Gasteiger partial charge on any atom is 0.338 e. The lowest BCUT2D eigenvalue weighted by Gasteiger charge is -2.35. The molecule has 0 heterocycles. The van der Waals surface area contributed by atoms with Gasteiger partial charge in [-0.25, -0.2) is 24.0 Å². The molecule has 5 aromatic carbocycles. The third-order valence-electron chi connectivity index (χ3n) is 7.62. The van der Waals surface area contributed by atoms with Crippen molar-refractivity contribution in [2.24, 2.45) is 0 Å². The highest BCUT2D eigenvalue weighted by Gasteiger charge is 2.44. The van der Waals surface area contributed by atoms with E-state index in [1.807, 2.05) is 0 Å². The number of carbonyl (C=O) groups excluding carboxylic acids is 5. The van der Waals surface area contributed by atoms with Crippen LogP contribution in [0.2, 0.25) is 0 Å². The number of hydrogen-bond acceptors (Lipinski definition) is 10. The Morgan fingerprint density at radius 1 is 0.392 bits per heavy atom. The predicted octanol–water partition coefficient (Wildman–Crippen LogP) is 6.77. The van der Waals surface area contributed by atoms with Crippen LogP contribution in [0.5, 0.6) is 0 Å². The van der Waals surface area contributed by atoms with Crippen molar-refractivity contribution in [3.05, 3.63) is 179 Å². The van der Waals surface area contributed by atoms with Crippen molar-refractivity contribution in [3.8, 4) is 0 Å². The zero-order chi connectivity index (χ0) is 36.0. The molecule has 5 rings (SSSR count). The Morgan fingerprint density at radius 3 is 1.06 bits per heavy atom. The Hall–Kier alpha value is -6.55. The molecular weight excluding hydrogens is 652 g/mol. The lowest BCUT2D eigenvalue weighted by molar-refractivity contribution is -0.128. The van der Waals surface area contributed by atoms with Crippen molar-refractivity contribution in [3.63, 3.8) is 0 Å². The third kappa shape index (κ3) is 9.99. The quantitative estimate of drug-likeness (QED) is 0.0911. The molecule has 0 spiro atoms. The number of esters is 5. The van der Waals surface area contributed by atoms with Gasteiger partial charge >= 0.3 is 29.8 Å². The largest absolute Gasteiger partial charge is 0.458 e. The molecule has 0 bridgehead atoms. The van der Waals surface area contributed by atoms with Gasteiger partial charge in [0, 0.05) is 0 Å². The highest BCUT2D eigenvalue weighted by atomic mass is 16.6. The minimum absolute atomic E-state index is 0.124. The molecule has 4 atom stereocenters. The molecule has 0 radical (unpaired) electrons. The summed E-state index contributed by atoms with van der Waals surface area (Å²) in [7, 11) is 0. The van der Waals surface area contributed by atoms with Crippen molar-refractivity contribution in [1.82, 2.24) is 0 Å². The summed E-state index contributed by atoms with van der Waals surface area (Å²) in [5.74, 6) is -4.09. The number of carbonyl (C=O) groups is 5. The second kappa shape index (κ2) is 17.7. The molecule has 5 aromatic rings. The van der Waals surface area contributed by atoms with Gasteiger partial charge in [0.05, 0.1) is 27.8 Å². The van der Waals surface area contributed by atoms with E-state index in [0.29, 0.717) is 0 Å². The van der Waals surface area contributed by atoms with E-state index < -0.39 is 60.9 Å². The van der Waals surface area contributed by atoms with Crippen LogP contribution in [-0.4, -0.2) is 60.9 Å². The summed E-state index contributed by atoms with van der Waals surface area (Å²) in [4.78, 5) is 67.2. The lowest BCUT2D eigenvalue weighted by atomic mass is 10.0. The third-order valence-corrected chi connectivity index (χ3v) is 7.62. The fourth-order valence-corrected chi connectivity index (χ4v) is 4.99. The maximum atomic E-state index is 13.7. The minimum Gasteiger partial charge on any atom is -0.458 e. The van der Waals surface area contributed by atoms with Gasteiger partial charge in [0.15, 0.2) is 18.3 Å². The molecular formula is C41H34O10. The van der Waals surface area contributed by atoms with Crippen molar-refractivity contribution in [2.75, 3.05) is 6.61 Å². The van der Waals surface area contributed by atoms with Gasteiger partial charge < -0.3 is 23.7 Å². The van der Waals surface area contributed by atoms with E-state index in [1.165, 1.54) is 55.5 Å². The standard InChI is InChI=1S/C41H34O10/c1-28(48-38(43)30-19-9-3-10-20-30)35(50-40(45)32-23-13-5-14-24-32)36(51-41(46)33-25-15-6-16-26-33)34(49-39(44)31-21-11-4-12-22-31)27-47-37(42)29-17-7-2-8-18-29/h2-26,28,34-36H,27H2,1H3/t28-,34+,35+,36+/m0/s1. The van der Waals surface area contributed by atoms with Crippen molar-refractivity contribution < 1.29 is 47.7 Å². The van der Waals surface area contributed by atoms with Crippen LogP contribution in [0, 0.1) is 0 Å². The van der Waals surface area contributed by atoms with Gasteiger partial charge in [0.1, 0.15) is 12.7 Å². The SMILES string of the molecule is C[C@H](OC(=O)c1ccccc1)[C@@H](OC(=O)c1ccccc1)[C@H](OC(=O)c1ccccc1)[C@@H](COC(=O)c1ccccc1)OC(=O)c1ccccc1. The summed E-state index contributed by atoms with van der Waals surface area (Å²) < 4.78 is 29.3. The Balaban J connectivity index is 1.56. The molecule has 0 amide bonds. The zero-order valence-electron chi connectivity index (χ0n) is 27.5. The Morgan fingerprint density at radius 2 is 0.686 bits per heavy atom. The highest BCUT2D eigenvalue weighted by Crippen LogP contribution is 2.24. The van der Waals surface area contributed by atoms with Gasteiger partial charge in [-0.05, 0) is 67.6 Å². The molecule has 51 heavy (non-hydrogen) atoms. The molecule has 0 saturated carbocycles. The predicted molar refractivity (Wildman–Crippen MR) is 185 cm³/mol. The molecule has 0 aliphatic carbocycles. The fourth-order valence-electron chi connectivity index (χ4n) is 4.99. The first-order chi connectivity index (χ1) is 24.8. The summed E-state index contributed by atoms with van der Waals surface area (Å²) in [6.45, 7) is 0.803. The van der Waals surface area contributed by atoms with Gasteiger partial charge in [-0.15, -0.1) is 0 Å². The Bertz CT molecular complexity index is 1900. The topological polar surface area (TPSA) is 132 Å². The van der Waals surface area contributed by atoms with E-state index in [-0.39, 0.29) is 27.8 Å². The zero-order valence-corrected chi connectivity index (χ0v) is 27.5. The second-order valence-electron chi connectivity index (χ2n) is 11.2. The number of rotatable bonds is 14. The van der Waals surface area contributed by atoms with Crippen molar-refractivity contribution >= 4 is 29.8 Å². The Kier molecular flexibility index (Phi) is 12.4. The molecule has 10 nitrogen and oxygen atoms in total. The molecule has 0 N–H and O–H groups in total. The molecule has 0 aliphatic rings. The van der Waals surface area contributed by atoms with E-state index in [0.717, 1.165) is 0 Å². The van der Waals surface area contributed by atoms with E-state index in [4.69, 9.17) is 23.7 Å². The first-order valence-electron chi connectivity index (χ1n) is 16.1. The summed E-state index contributed by atoms with van der Waals surface area (Å²) in [5, 5.41) is 0. The molecule has 258 valence electrons. The summed E-state index contributed by atoms with van der Waals surface area (Å²) >= 11 is 0. The van der Waals surface area contributed by atoms with Gasteiger partial charge in [-0.3, -0.25) is 0 Å². The first kappa shape index (κ1) is 35.7. The van der Waals surface area contributed by atoms with Crippen molar-refractivity contribution in [2.45, 2.75) is 31.3 Å². The molecule has 0 aromatic heterocycles. The molecule has 0 aliphatic heterocycles. The van der Waals surface area contributed by atoms with Gasteiger partial charge in [0.2, 0.25) is 0 Å². The van der Waals surface area contributed by atoms with Crippen LogP contribution in [0.1, 0.15) is 58.7 Å². The second-order valence-corrected chi connectivity index (χ2v) is 11.2. The summed E-state index contributed by atoms with van der Waals surface area (Å²) in [6.07, 6.45) is -6.16. The smallest absolute Gasteiger partial charge is 0.338 e. The fraction of sp³-hybridized carbons (Fsp3) is 0.146. The minimum atomic E-state index is -1.68. The molecule has 0 fully saturated rings. The number of ether oxygens (including phenoxy) is 5. The maximum absolute atomic E-state index is 13.7. The van der Waals surface area contributed by atoms with Gasteiger partial charge in [-0.2, -0.15) is 0 Å². The van der Waals surface area contributed by atoms with Crippen LogP contribution >= 0.6 is 0 Å². The average Bonchev–Trinajstić information content (AvgIpc) is 3.19. The summed E-state index contributed by atoms with van der Waals surface area (Å²) in [5.41, 5.74) is 0.829. The summed E-state index contributed by atoms with van der Waals surface area (Å²) in [6, 6.07) is 40.2. The average molecular weight is 687 g/mol. The lowest BCUT2D eigenvalue weighted by Crippen LogP contribution is -2.52. The van der Waals surface area contributed by atoms with Crippen LogP contribution in [0.25, 0.3) is 0 Å². The Labute approximate surface area is 294 Å². The van der Waals surface area contributed by atoms with E-state index in [2.05, 4.69) is 0 Å². The number of benzene rings is 5. The van der Waals surface area contributed by atoms with E-state index in [9.17, 15) is 24.0 Å². The van der Waals surface area contributed by atoms with Crippen LogP contribution < -0.4 is 0 Å². The van der Waals surface area contributed by atoms with Crippen LogP contribution in [0.4, 0.5) is 0 Å². The van der Waals surface area contributed by atoms with Gasteiger partial charge in [-0.1, -0.05) is 91.0 Å². The highest BCUT2D eigenvalue weighted by molar-refractivity contribution is 5.92. The monoisotopic (exact) mass is 686 g/mol. The van der Waals surface area contributed by atoms with Crippen molar-refractivity contribution in [1.29, 1.82) is 0 Å². The van der Waals surface area contributed by atoms with Crippen LogP contribution in [0.15, 0.2) is 152 Å². The normalized spacial score (nSPS) is 13.0. The van der Waals surface area contributed by atoms with Crippen LogP contribution in [-0.2, 0) is 23.7 Å². The molecule has 0 unspecified atom stereocenters. The number of hydrogen-bond donors (Lipinski definition) is 0. The first-order valence-corrected chi connectivity index (χ1v) is 16.1. The van der Waals surface area contributed by atoms with E-state index in [1.54, 1.807) is 103 Å². The van der Waals surface area contributed by atoms with Gasteiger partial charge in [0.25, 0.3) is 0 Å².